The molecule has 2 N–H and O–H groups in total. The topological polar surface area (TPSA) is 87.7 Å². The van der Waals surface area contributed by atoms with E-state index >= 15 is 0 Å². The molecule has 2 rings (SSSR count). The van der Waals surface area contributed by atoms with Crippen LogP contribution in [0.25, 0.3) is 11.0 Å². The maximum Gasteiger partial charge on any atom is 0.189 e. The van der Waals surface area contributed by atoms with Gasteiger partial charge in [-0.2, -0.15) is 4.73 Å². The fourth-order valence-electron chi connectivity index (χ4n) is 1.01. The summed E-state index contributed by atoms with van der Waals surface area (Å²) in [4.78, 5) is 12.0. The summed E-state index contributed by atoms with van der Waals surface area (Å²) in [6.07, 6.45) is 4.48. The maximum absolute atomic E-state index is 9.15. The minimum atomic E-state index is -0.0670. The van der Waals surface area contributed by atoms with Crippen molar-refractivity contribution in [3.05, 3.63) is 18.0 Å². The molecular formula is C7H7N5OS. The van der Waals surface area contributed by atoms with Gasteiger partial charge in [-0.1, -0.05) is 11.8 Å². The summed E-state index contributed by atoms with van der Waals surface area (Å²) in [7, 11) is 0. The molecule has 0 spiro atoms. The third-order valence-electron chi connectivity index (χ3n) is 1.70. The second kappa shape index (κ2) is 3.26. The molecule has 0 fully saturated rings. The van der Waals surface area contributed by atoms with E-state index in [2.05, 4.69) is 15.0 Å². The summed E-state index contributed by atoms with van der Waals surface area (Å²) in [5.74, 6) is 0. The molecule has 72 valence electrons. The van der Waals surface area contributed by atoms with Crippen molar-refractivity contribution in [3.63, 3.8) is 0 Å². The first-order valence-electron chi connectivity index (χ1n) is 3.74. The molecule has 2 heterocycles. The zero-order valence-corrected chi connectivity index (χ0v) is 8.12. The molecule has 0 bridgehead atoms. The minimum absolute atomic E-state index is 0.0670. The monoisotopic (exact) mass is 209 g/mol. The van der Waals surface area contributed by atoms with Gasteiger partial charge in [0.05, 0.1) is 5.39 Å². The third-order valence-corrected chi connectivity index (χ3v) is 2.26. The lowest BCUT2D eigenvalue weighted by Gasteiger charge is -2.00. The Kier molecular flexibility index (Phi) is 2.08. The number of hydrogen-bond donors (Lipinski definition) is 2. The number of thioether (sulfide) groups is 1. The molecular weight excluding hydrogens is 202 g/mol. The van der Waals surface area contributed by atoms with Crippen molar-refractivity contribution >= 4 is 22.8 Å². The first-order valence-corrected chi connectivity index (χ1v) is 4.97. The summed E-state index contributed by atoms with van der Waals surface area (Å²) < 4.78 is 0.629. The van der Waals surface area contributed by atoms with Crippen molar-refractivity contribution in [1.82, 2.24) is 19.7 Å². The van der Waals surface area contributed by atoms with Gasteiger partial charge in [-0.15, -0.1) is 0 Å². The molecule has 0 aromatic carbocycles. The number of fused-ring (bicyclic) bond motifs is 1. The van der Waals surface area contributed by atoms with Crippen molar-refractivity contribution < 1.29 is 5.21 Å². The normalized spacial score (nSPS) is 10.6. The van der Waals surface area contributed by atoms with Crippen LogP contribution in [0.2, 0.25) is 0 Å². The molecule has 6 nitrogen and oxygen atoms in total. The largest absolute Gasteiger partial charge is 0.425 e. The van der Waals surface area contributed by atoms with Crippen molar-refractivity contribution in [2.45, 2.75) is 5.16 Å². The number of rotatable bonds is 1. The molecule has 0 saturated heterocycles. The van der Waals surface area contributed by atoms with Gasteiger partial charge in [0.25, 0.3) is 0 Å². The van der Waals surface area contributed by atoms with Crippen LogP contribution in [-0.2, 0) is 0 Å². The van der Waals surface area contributed by atoms with Crippen LogP contribution in [-0.4, -0.2) is 31.1 Å². The zero-order valence-electron chi connectivity index (χ0n) is 7.30. The predicted molar refractivity (Wildman–Crippen MR) is 50.1 cm³/mol. The Morgan fingerprint density at radius 1 is 1.50 bits per heavy atom. The average Bonchev–Trinajstić information content (AvgIpc) is 2.23. The number of aromatic nitrogens is 4. The summed E-state index contributed by atoms with van der Waals surface area (Å²) in [6.45, 7) is 0. The van der Waals surface area contributed by atoms with Gasteiger partial charge in [0.2, 0.25) is 0 Å². The van der Waals surface area contributed by atoms with E-state index < -0.39 is 0 Å². The molecule has 14 heavy (non-hydrogen) atoms. The van der Waals surface area contributed by atoms with Crippen LogP contribution in [0.3, 0.4) is 0 Å². The maximum atomic E-state index is 9.15. The Labute approximate surface area is 83.1 Å². The first kappa shape index (κ1) is 8.95. The summed E-state index contributed by atoms with van der Waals surface area (Å²) in [5, 5.41) is 17.7. The van der Waals surface area contributed by atoms with E-state index in [-0.39, 0.29) is 5.49 Å². The number of hydrogen-bond acceptors (Lipinski definition) is 6. The molecule has 2 aromatic heterocycles. The zero-order chi connectivity index (χ0) is 10.1. The second-order valence-corrected chi connectivity index (χ2v) is 3.31. The van der Waals surface area contributed by atoms with Crippen LogP contribution in [0.1, 0.15) is 0 Å². The molecule has 0 saturated carbocycles. The van der Waals surface area contributed by atoms with E-state index in [4.69, 9.17) is 10.6 Å². The van der Waals surface area contributed by atoms with Crippen LogP contribution in [0.5, 0.6) is 0 Å². The van der Waals surface area contributed by atoms with Crippen LogP contribution < -0.4 is 5.49 Å². The Morgan fingerprint density at radius 3 is 3.00 bits per heavy atom. The van der Waals surface area contributed by atoms with Gasteiger partial charge in [-0.05, 0) is 6.26 Å². The minimum Gasteiger partial charge on any atom is -0.425 e. The molecule has 0 unspecified atom stereocenters. The van der Waals surface area contributed by atoms with Crippen LogP contribution in [0.4, 0.5) is 0 Å². The Hall–Kier alpha value is -1.63. The quantitative estimate of drug-likeness (QED) is 0.399. The predicted octanol–water partition coefficient (Wildman–Crippen LogP) is 0.265. The van der Waals surface area contributed by atoms with Crippen molar-refractivity contribution in [2.75, 3.05) is 6.26 Å². The highest BCUT2D eigenvalue weighted by atomic mass is 32.2. The van der Waals surface area contributed by atoms with Gasteiger partial charge in [0.15, 0.2) is 16.3 Å². The highest BCUT2D eigenvalue weighted by Gasteiger charge is 2.03. The van der Waals surface area contributed by atoms with E-state index in [1.807, 2.05) is 6.26 Å². The number of nitrogens with zero attached hydrogens (tertiary/aromatic N) is 4. The van der Waals surface area contributed by atoms with E-state index in [1.54, 1.807) is 0 Å². The smallest absolute Gasteiger partial charge is 0.189 e. The van der Waals surface area contributed by atoms with Crippen molar-refractivity contribution in [1.29, 1.82) is 5.41 Å². The van der Waals surface area contributed by atoms with Gasteiger partial charge >= 0.3 is 0 Å². The average molecular weight is 209 g/mol. The van der Waals surface area contributed by atoms with E-state index in [0.29, 0.717) is 20.9 Å². The molecule has 0 aliphatic carbocycles. The standard InChI is InChI=1S/C7H7N5OS/c1-14-7-9-2-4-5(8)12(13)3-10-6(4)11-7/h2-3,8,13H,1H3. The lowest BCUT2D eigenvalue weighted by molar-refractivity contribution is 0.168. The van der Waals surface area contributed by atoms with Gasteiger partial charge in [-0.25, -0.2) is 15.0 Å². The second-order valence-electron chi connectivity index (χ2n) is 2.53. The molecule has 0 aliphatic heterocycles. The lowest BCUT2D eigenvalue weighted by Crippen LogP contribution is -2.18. The van der Waals surface area contributed by atoms with Crippen LogP contribution >= 0.6 is 11.8 Å². The molecule has 0 aliphatic rings. The third kappa shape index (κ3) is 1.31. The SMILES string of the molecule is CSc1ncc2c(=N)n(O)cnc2n1. The fourth-order valence-corrected chi connectivity index (χ4v) is 1.35. The van der Waals surface area contributed by atoms with Crippen LogP contribution in [0.15, 0.2) is 17.7 Å². The van der Waals surface area contributed by atoms with Gasteiger partial charge in [-0.3, -0.25) is 5.41 Å². The van der Waals surface area contributed by atoms with E-state index in [9.17, 15) is 0 Å². The molecule has 0 radical (unpaired) electrons. The molecule has 7 heteroatoms. The molecule has 2 aromatic rings. The lowest BCUT2D eigenvalue weighted by atomic mass is 10.4. The van der Waals surface area contributed by atoms with E-state index in [0.717, 1.165) is 6.33 Å². The summed E-state index contributed by atoms with van der Waals surface area (Å²) in [6, 6.07) is 0. The highest BCUT2D eigenvalue weighted by Crippen LogP contribution is 2.09. The molecule has 0 amide bonds. The summed E-state index contributed by atoms with van der Waals surface area (Å²) in [5.41, 5.74) is 0.349. The Balaban J connectivity index is 2.81. The Morgan fingerprint density at radius 2 is 2.29 bits per heavy atom. The van der Waals surface area contributed by atoms with Crippen molar-refractivity contribution in [2.24, 2.45) is 0 Å². The van der Waals surface area contributed by atoms with Gasteiger partial charge in [0, 0.05) is 6.20 Å². The van der Waals surface area contributed by atoms with Crippen LogP contribution in [0, 0.1) is 5.41 Å². The Bertz CT molecular complexity index is 537. The highest BCUT2D eigenvalue weighted by molar-refractivity contribution is 7.98. The van der Waals surface area contributed by atoms with E-state index in [1.165, 1.54) is 18.0 Å². The number of nitrogens with one attached hydrogen (secondary N) is 1. The summed E-state index contributed by atoms with van der Waals surface area (Å²) >= 11 is 1.40. The first-order chi connectivity index (χ1) is 6.72. The fraction of sp³-hybridized carbons (Fsp3) is 0.143. The van der Waals surface area contributed by atoms with Gasteiger partial charge < -0.3 is 5.21 Å². The molecule has 0 atom stereocenters. The van der Waals surface area contributed by atoms with Gasteiger partial charge in [0.1, 0.15) is 6.33 Å². The van der Waals surface area contributed by atoms with Crippen molar-refractivity contribution in [3.8, 4) is 0 Å².